The molecular weight excluding hydrogens is 554 g/mol. The molecule has 8 nitrogen and oxygen atoms in total. The number of amides is 3. The van der Waals surface area contributed by atoms with Gasteiger partial charge in [0.15, 0.2) is 0 Å². The lowest BCUT2D eigenvalue weighted by Crippen LogP contribution is -2.54. The number of ether oxygens (including phenoxy) is 1. The number of halogens is 1. The van der Waals surface area contributed by atoms with Crippen molar-refractivity contribution >= 4 is 35.2 Å². The molecule has 9 heteroatoms. The van der Waals surface area contributed by atoms with Gasteiger partial charge in [0.25, 0.3) is 5.91 Å². The lowest BCUT2D eigenvalue weighted by atomic mass is 9.96. The maximum absolute atomic E-state index is 14.5. The number of phenolic OH excluding ortho intramolecular Hbond substituents is 1. The van der Waals surface area contributed by atoms with Crippen LogP contribution in [0.4, 0.5) is 10.5 Å². The number of hydrogen-bond acceptors (Lipinski definition) is 5. The van der Waals surface area contributed by atoms with Crippen LogP contribution in [0, 0.1) is 13.8 Å². The van der Waals surface area contributed by atoms with Crippen molar-refractivity contribution in [2.24, 2.45) is 0 Å². The van der Waals surface area contributed by atoms with Crippen LogP contribution in [0.2, 0.25) is 5.02 Å². The van der Waals surface area contributed by atoms with Gasteiger partial charge in [0.05, 0.1) is 10.7 Å². The number of alkyl carbamates (subject to hydrolysis) is 1. The first-order valence-electron chi connectivity index (χ1n) is 14.0. The molecule has 0 spiro atoms. The summed E-state index contributed by atoms with van der Waals surface area (Å²) in [6.07, 6.45) is 0.849. The first kappa shape index (κ1) is 30.9. The molecular formula is C33H38ClN3O5. The number of phenols is 1. The molecule has 1 fully saturated rings. The van der Waals surface area contributed by atoms with E-state index in [0.29, 0.717) is 16.3 Å². The summed E-state index contributed by atoms with van der Waals surface area (Å²) in [6.45, 7) is 8.99. The number of carbonyl (C=O) groups excluding carboxylic acids is 3. The Balaban J connectivity index is 1.75. The quantitative estimate of drug-likeness (QED) is 0.264. The van der Waals surface area contributed by atoms with E-state index in [2.05, 4.69) is 10.6 Å². The maximum Gasteiger partial charge on any atom is 0.408 e. The fourth-order valence-electron chi connectivity index (χ4n) is 4.86. The van der Waals surface area contributed by atoms with Crippen LogP contribution in [0.1, 0.15) is 61.9 Å². The third-order valence-electron chi connectivity index (χ3n) is 7.04. The Morgan fingerprint density at radius 1 is 0.976 bits per heavy atom. The summed E-state index contributed by atoms with van der Waals surface area (Å²) in [5.41, 5.74) is 2.76. The summed E-state index contributed by atoms with van der Waals surface area (Å²) in [5.74, 6) is -0.718. The Morgan fingerprint density at radius 2 is 1.62 bits per heavy atom. The van der Waals surface area contributed by atoms with E-state index >= 15 is 0 Å². The average Bonchev–Trinajstić information content (AvgIpc) is 3.74. The summed E-state index contributed by atoms with van der Waals surface area (Å²) in [7, 11) is 0. The van der Waals surface area contributed by atoms with Crippen molar-refractivity contribution in [1.82, 2.24) is 10.2 Å². The van der Waals surface area contributed by atoms with Crippen LogP contribution >= 0.6 is 11.6 Å². The van der Waals surface area contributed by atoms with E-state index in [1.165, 1.54) is 12.1 Å². The number of nitrogens with zero attached hydrogens (tertiary/aromatic N) is 1. The van der Waals surface area contributed by atoms with Crippen LogP contribution < -0.4 is 10.6 Å². The van der Waals surface area contributed by atoms with Crippen LogP contribution in [0.3, 0.4) is 0 Å². The number of hydrogen-bond donors (Lipinski definition) is 3. The molecule has 0 bridgehead atoms. The van der Waals surface area contributed by atoms with E-state index in [9.17, 15) is 19.5 Å². The maximum atomic E-state index is 14.5. The van der Waals surface area contributed by atoms with Gasteiger partial charge < -0.3 is 25.4 Å². The molecule has 3 N–H and O–H groups in total. The molecule has 3 aromatic carbocycles. The van der Waals surface area contributed by atoms with E-state index in [4.69, 9.17) is 16.3 Å². The third-order valence-corrected chi connectivity index (χ3v) is 7.35. The van der Waals surface area contributed by atoms with E-state index < -0.39 is 35.6 Å². The molecule has 0 aromatic heterocycles. The number of nitrogens with one attached hydrogen (secondary N) is 2. The van der Waals surface area contributed by atoms with Crippen molar-refractivity contribution < 1.29 is 24.2 Å². The zero-order valence-corrected chi connectivity index (χ0v) is 25.4. The highest BCUT2D eigenvalue weighted by molar-refractivity contribution is 6.34. The molecule has 0 heterocycles. The molecule has 1 saturated carbocycles. The normalized spacial score (nSPS) is 14.4. The molecule has 4 rings (SSSR count). The van der Waals surface area contributed by atoms with Gasteiger partial charge in [-0.05, 0) is 87.9 Å². The minimum Gasteiger partial charge on any atom is -0.508 e. The van der Waals surface area contributed by atoms with Gasteiger partial charge in [0, 0.05) is 12.5 Å². The lowest BCUT2D eigenvalue weighted by Gasteiger charge is -2.35. The number of rotatable bonds is 9. The predicted molar refractivity (Wildman–Crippen MR) is 164 cm³/mol. The van der Waals surface area contributed by atoms with Gasteiger partial charge in [-0.2, -0.15) is 0 Å². The summed E-state index contributed by atoms with van der Waals surface area (Å²) >= 11 is 6.46. The zero-order valence-electron chi connectivity index (χ0n) is 24.6. The smallest absolute Gasteiger partial charge is 0.408 e. The molecule has 3 aromatic rings. The Kier molecular flexibility index (Phi) is 9.46. The highest BCUT2D eigenvalue weighted by Gasteiger charge is 2.44. The molecule has 1 aliphatic rings. The van der Waals surface area contributed by atoms with Gasteiger partial charge in [-0.25, -0.2) is 4.79 Å². The molecule has 0 aliphatic heterocycles. The van der Waals surface area contributed by atoms with Crippen LogP contribution in [-0.4, -0.2) is 45.6 Å². The van der Waals surface area contributed by atoms with Crippen molar-refractivity contribution in [3.05, 3.63) is 94.0 Å². The molecule has 42 heavy (non-hydrogen) atoms. The Hall–Kier alpha value is -4.04. The van der Waals surface area contributed by atoms with Crippen molar-refractivity contribution in [1.29, 1.82) is 0 Å². The van der Waals surface area contributed by atoms with Crippen LogP contribution in [0.25, 0.3) is 0 Å². The van der Waals surface area contributed by atoms with Crippen molar-refractivity contribution in [2.75, 3.05) is 5.32 Å². The van der Waals surface area contributed by atoms with Crippen molar-refractivity contribution in [3.8, 4) is 5.75 Å². The van der Waals surface area contributed by atoms with Crippen molar-refractivity contribution in [2.45, 2.75) is 77.6 Å². The standard InChI is InChI=1S/C33H38ClN3O5/c1-20-9-6-7-11-25(20)29(30(39)36-28-21(2)10-8-12-26(28)34)37(23-15-16-23)31(40)27(35-32(41)42-33(3,4)5)19-22-13-17-24(38)18-14-22/h6-14,17-18,23,27,29,38H,15-16,19H2,1-5H3,(H,35,41)(H,36,39). The molecule has 222 valence electrons. The minimum atomic E-state index is -1.04. The monoisotopic (exact) mass is 591 g/mol. The number of benzene rings is 3. The van der Waals surface area contributed by atoms with Gasteiger partial charge in [-0.1, -0.05) is 60.1 Å². The average molecular weight is 592 g/mol. The number of carbonyl (C=O) groups is 3. The Labute approximate surface area is 252 Å². The lowest BCUT2D eigenvalue weighted by molar-refractivity contribution is -0.141. The molecule has 0 radical (unpaired) electrons. The second-order valence-electron chi connectivity index (χ2n) is 11.7. The largest absolute Gasteiger partial charge is 0.508 e. The van der Waals surface area contributed by atoms with Gasteiger partial charge in [-0.15, -0.1) is 0 Å². The van der Waals surface area contributed by atoms with Crippen LogP contribution in [0.15, 0.2) is 66.7 Å². The van der Waals surface area contributed by atoms with Gasteiger partial charge in [-0.3, -0.25) is 9.59 Å². The molecule has 2 atom stereocenters. The van der Waals surface area contributed by atoms with Gasteiger partial charge in [0.2, 0.25) is 5.91 Å². The number of aryl methyl sites for hydroxylation is 2. The molecule has 0 saturated heterocycles. The van der Waals surface area contributed by atoms with Crippen molar-refractivity contribution in [3.63, 3.8) is 0 Å². The summed E-state index contributed by atoms with van der Waals surface area (Å²) in [4.78, 5) is 43.2. The summed E-state index contributed by atoms with van der Waals surface area (Å²) in [6, 6.07) is 17.1. The highest BCUT2D eigenvalue weighted by Crippen LogP contribution is 2.38. The highest BCUT2D eigenvalue weighted by atomic mass is 35.5. The van der Waals surface area contributed by atoms with Gasteiger partial charge in [0.1, 0.15) is 23.4 Å². The van der Waals surface area contributed by atoms with E-state index in [1.54, 1.807) is 43.9 Å². The number of para-hydroxylation sites is 1. The van der Waals surface area contributed by atoms with Crippen LogP contribution in [0.5, 0.6) is 5.75 Å². The number of aromatic hydroxyl groups is 1. The fourth-order valence-corrected chi connectivity index (χ4v) is 5.13. The topological polar surface area (TPSA) is 108 Å². The second-order valence-corrected chi connectivity index (χ2v) is 12.1. The zero-order chi connectivity index (χ0) is 30.6. The SMILES string of the molecule is Cc1ccccc1C(C(=O)Nc1c(C)cccc1Cl)N(C(=O)C(Cc1ccc(O)cc1)NC(=O)OC(C)(C)C)C1CC1. The second kappa shape index (κ2) is 12.9. The third kappa shape index (κ3) is 7.82. The predicted octanol–water partition coefficient (Wildman–Crippen LogP) is 6.47. The van der Waals surface area contributed by atoms with E-state index in [-0.39, 0.29) is 18.2 Å². The first-order chi connectivity index (χ1) is 19.8. The van der Waals surface area contributed by atoms with Crippen LogP contribution in [-0.2, 0) is 20.7 Å². The Bertz CT molecular complexity index is 1430. The minimum absolute atomic E-state index is 0.0903. The first-order valence-corrected chi connectivity index (χ1v) is 14.4. The Morgan fingerprint density at radius 3 is 2.21 bits per heavy atom. The van der Waals surface area contributed by atoms with E-state index in [0.717, 1.165) is 29.5 Å². The summed E-state index contributed by atoms with van der Waals surface area (Å²) in [5, 5.41) is 15.9. The number of anilines is 1. The molecule has 2 unspecified atom stereocenters. The summed E-state index contributed by atoms with van der Waals surface area (Å²) < 4.78 is 5.49. The fraction of sp³-hybridized carbons (Fsp3) is 0.364. The molecule has 3 amide bonds. The van der Waals surface area contributed by atoms with Gasteiger partial charge >= 0.3 is 6.09 Å². The molecule has 1 aliphatic carbocycles. The van der Waals surface area contributed by atoms with E-state index in [1.807, 2.05) is 50.2 Å².